The molecule has 1 heterocycles. The smallest absolute Gasteiger partial charge is 0.360 e. The summed E-state index contributed by atoms with van der Waals surface area (Å²) in [7, 11) is 0. The highest BCUT2D eigenvalue weighted by molar-refractivity contribution is 5.88. The molecule has 2 rings (SSSR count). The van der Waals surface area contributed by atoms with E-state index in [9.17, 15) is 9.59 Å². The highest BCUT2D eigenvalue weighted by Crippen LogP contribution is 2.32. The Hall–Kier alpha value is -1.85. The van der Waals surface area contributed by atoms with Crippen LogP contribution in [-0.4, -0.2) is 29.1 Å². The van der Waals surface area contributed by atoms with Gasteiger partial charge in [0.15, 0.2) is 11.6 Å². The Kier molecular flexibility index (Phi) is 8.72. The summed E-state index contributed by atoms with van der Waals surface area (Å²) in [5, 5.41) is 0. The van der Waals surface area contributed by atoms with Gasteiger partial charge in [-0.25, -0.2) is 9.78 Å². The van der Waals surface area contributed by atoms with Crippen LogP contribution in [0.1, 0.15) is 114 Å². The standard InChI is InChI=1S/C23H37NO5/c1-6-27-22(26)20-16(2)28-21(24-20)18(15-19(25)29-23(3,4)5)14-10-13-17-11-8-7-9-12-17/h17-18H,6-15H2,1-5H3/t18-/m1/s1. The molecule has 1 aromatic heterocycles. The molecule has 1 aliphatic carbocycles. The number of carbonyl (C=O) groups is 2. The maximum atomic E-state index is 12.5. The van der Waals surface area contributed by atoms with Gasteiger partial charge in [-0.05, 0) is 47.0 Å². The highest BCUT2D eigenvalue weighted by atomic mass is 16.6. The quantitative estimate of drug-likeness (QED) is 0.487. The Balaban J connectivity index is 2.07. The summed E-state index contributed by atoms with van der Waals surface area (Å²) >= 11 is 0. The van der Waals surface area contributed by atoms with E-state index in [4.69, 9.17) is 13.9 Å². The first-order chi connectivity index (χ1) is 13.7. The molecule has 1 aromatic rings. The van der Waals surface area contributed by atoms with Gasteiger partial charge in [-0.2, -0.15) is 0 Å². The van der Waals surface area contributed by atoms with E-state index in [0.717, 1.165) is 25.2 Å². The summed E-state index contributed by atoms with van der Waals surface area (Å²) in [6.07, 6.45) is 9.78. The Morgan fingerprint density at radius 2 is 1.90 bits per heavy atom. The van der Waals surface area contributed by atoms with Crippen molar-refractivity contribution in [3.63, 3.8) is 0 Å². The van der Waals surface area contributed by atoms with Crippen LogP contribution in [0.5, 0.6) is 0 Å². The van der Waals surface area contributed by atoms with Crippen molar-refractivity contribution < 1.29 is 23.5 Å². The normalized spacial score (nSPS) is 16.4. The van der Waals surface area contributed by atoms with Crippen molar-refractivity contribution in [3.8, 4) is 0 Å². The first-order valence-corrected chi connectivity index (χ1v) is 11.1. The van der Waals surface area contributed by atoms with Gasteiger partial charge in [0.2, 0.25) is 0 Å². The van der Waals surface area contributed by atoms with Crippen molar-refractivity contribution in [2.45, 2.75) is 104 Å². The minimum Gasteiger partial charge on any atom is -0.461 e. The third-order valence-electron chi connectivity index (χ3n) is 5.35. The molecule has 0 spiro atoms. The second kappa shape index (κ2) is 10.8. The van der Waals surface area contributed by atoms with Crippen LogP contribution in [0.4, 0.5) is 0 Å². The molecule has 6 heteroatoms. The Morgan fingerprint density at radius 1 is 1.21 bits per heavy atom. The largest absolute Gasteiger partial charge is 0.461 e. The fraction of sp³-hybridized carbons (Fsp3) is 0.783. The Labute approximate surface area is 174 Å². The van der Waals surface area contributed by atoms with Gasteiger partial charge in [-0.1, -0.05) is 44.9 Å². The number of ether oxygens (including phenoxy) is 2. The van der Waals surface area contributed by atoms with E-state index in [-0.39, 0.29) is 30.6 Å². The number of oxazole rings is 1. The van der Waals surface area contributed by atoms with E-state index in [1.54, 1.807) is 13.8 Å². The summed E-state index contributed by atoms with van der Waals surface area (Å²) in [4.78, 5) is 28.9. The van der Waals surface area contributed by atoms with Crippen LogP contribution >= 0.6 is 0 Å². The summed E-state index contributed by atoms with van der Waals surface area (Å²) in [6.45, 7) is 9.31. The lowest BCUT2D eigenvalue weighted by molar-refractivity contribution is -0.155. The summed E-state index contributed by atoms with van der Waals surface area (Å²) in [6, 6.07) is 0. The number of carbonyl (C=O) groups excluding carboxylic acids is 2. The number of aryl methyl sites for hydroxylation is 1. The average Bonchev–Trinajstić information content (AvgIpc) is 3.02. The van der Waals surface area contributed by atoms with Crippen molar-refractivity contribution >= 4 is 11.9 Å². The molecule has 1 aliphatic rings. The highest BCUT2D eigenvalue weighted by Gasteiger charge is 2.28. The van der Waals surface area contributed by atoms with Crippen LogP contribution in [0, 0.1) is 12.8 Å². The first-order valence-electron chi connectivity index (χ1n) is 11.1. The summed E-state index contributed by atoms with van der Waals surface area (Å²) in [5.41, 5.74) is -0.338. The lowest BCUT2D eigenvalue weighted by Gasteiger charge is -2.23. The van der Waals surface area contributed by atoms with Gasteiger partial charge >= 0.3 is 11.9 Å². The van der Waals surface area contributed by atoms with Crippen molar-refractivity contribution in [3.05, 3.63) is 17.3 Å². The molecule has 164 valence electrons. The predicted octanol–water partition coefficient (Wildman–Crippen LogP) is 5.73. The van der Waals surface area contributed by atoms with Gasteiger partial charge in [-0.15, -0.1) is 0 Å². The van der Waals surface area contributed by atoms with E-state index in [1.165, 1.54) is 32.1 Å². The molecule has 0 aromatic carbocycles. The first kappa shape index (κ1) is 23.4. The van der Waals surface area contributed by atoms with Crippen LogP contribution in [0.25, 0.3) is 0 Å². The van der Waals surface area contributed by atoms with Crippen LogP contribution in [0.2, 0.25) is 0 Å². The van der Waals surface area contributed by atoms with Gasteiger partial charge < -0.3 is 13.9 Å². The summed E-state index contributed by atoms with van der Waals surface area (Å²) < 4.78 is 16.4. The Morgan fingerprint density at radius 3 is 2.52 bits per heavy atom. The minimum atomic E-state index is -0.535. The molecule has 0 amide bonds. The monoisotopic (exact) mass is 407 g/mol. The van der Waals surface area contributed by atoms with Crippen LogP contribution in [-0.2, 0) is 14.3 Å². The van der Waals surface area contributed by atoms with Gasteiger partial charge in [0, 0.05) is 5.92 Å². The zero-order valence-corrected chi connectivity index (χ0v) is 18.7. The number of esters is 2. The second-order valence-electron chi connectivity index (χ2n) is 9.10. The molecular formula is C23H37NO5. The van der Waals surface area contributed by atoms with E-state index < -0.39 is 11.6 Å². The van der Waals surface area contributed by atoms with Gasteiger partial charge in [0.1, 0.15) is 11.4 Å². The fourth-order valence-corrected chi connectivity index (χ4v) is 4.01. The lowest BCUT2D eigenvalue weighted by atomic mass is 9.84. The molecule has 1 fully saturated rings. The summed E-state index contributed by atoms with van der Waals surface area (Å²) in [5.74, 6) is 0.689. The number of hydrogen-bond donors (Lipinski definition) is 0. The van der Waals surface area contributed by atoms with E-state index >= 15 is 0 Å². The number of aromatic nitrogens is 1. The van der Waals surface area contributed by atoms with Gasteiger partial charge in [0.25, 0.3) is 0 Å². The number of rotatable bonds is 9. The molecular weight excluding hydrogens is 370 g/mol. The lowest BCUT2D eigenvalue weighted by Crippen LogP contribution is -2.25. The zero-order chi connectivity index (χ0) is 21.4. The zero-order valence-electron chi connectivity index (χ0n) is 18.7. The van der Waals surface area contributed by atoms with E-state index in [0.29, 0.717) is 11.7 Å². The molecule has 0 radical (unpaired) electrons. The molecule has 1 saturated carbocycles. The molecule has 0 N–H and O–H groups in total. The molecule has 29 heavy (non-hydrogen) atoms. The van der Waals surface area contributed by atoms with Gasteiger partial charge in [0.05, 0.1) is 13.0 Å². The predicted molar refractivity (Wildman–Crippen MR) is 111 cm³/mol. The van der Waals surface area contributed by atoms with Crippen molar-refractivity contribution in [2.75, 3.05) is 6.61 Å². The van der Waals surface area contributed by atoms with Crippen LogP contribution in [0.3, 0.4) is 0 Å². The van der Waals surface area contributed by atoms with Crippen molar-refractivity contribution in [1.29, 1.82) is 0 Å². The third-order valence-corrected chi connectivity index (χ3v) is 5.35. The topological polar surface area (TPSA) is 78.6 Å². The molecule has 0 aliphatic heterocycles. The molecule has 0 unspecified atom stereocenters. The SMILES string of the molecule is CCOC(=O)c1nc([C@H](CCCC2CCCCC2)CC(=O)OC(C)(C)C)oc1C. The molecule has 6 nitrogen and oxygen atoms in total. The van der Waals surface area contributed by atoms with Crippen molar-refractivity contribution in [1.82, 2.24) is 4.98 Å². The Bertz CT molecular complexity index is 667. The van der Waals surface area contributed by atoms with E-state index in [2.05, 4.69) is 4.98 Å². The minimum absolute atomic E-state index is 0.198. The van der Waals surface area contributed by atoms with Crippen LogP contribution in [0.15, 0.2) is 4.42 Å². The average molecular weight is 408 g/mol. The van der Waals surface area contributed by atoms with E-state index in [1.807, 2.05) is 20.8 Å². The molecule has 0 bridgehead atoms. The second-order valence-corrected chi connectivity index (χ2v) is 9.10. The third kappa shape index (κ3) is 7.82. The fourth-order valence-electron chi connectivity index (χ4n) is 4.01. The van der Waals surface area contributed by atoms with Crippen LogP contribution < -0.4 is 0 Å². The molecule has 1 atom stereocenters. The number of hydrogen-bond acceptors (Lipinski definition) is 6. The van der Waals surface area contributed by atoms with Gasteiger partial charge in [-0.3, -0.25) is 4.79 Å². The maximum absolute atomic E-state index is 12.5. The number of nitrogens with zero attached hydrogens (tertiary/aromatic N) is 1. The van der Waals surface area contributed by atoms with Crippen molar-refractivity contribution in [2.24, 2.45) is 5.92 Å². The molecule has 0 saturated heterocycles. The maximum Gasteiger partial charge on any atom is 0.360 e.